The average Bonchev–Trinajstić information content (AvgIpc) is 2.28. The minimum atomic E-state index is 0.382. The van der Waals surface area contributed by atoms with E-state index in [0.29, 0.717) is 23.6 Å². The quantitative estimate of drug-likeness (QED) is 0.728. The number of piperidine rings is 1. The summed E-state index contributed by atoms with van der Waals surface area (Å²) in [6, 6.07) is 4.67. The first-order valence-electron chi connectivity index (χ1n) is 6.15. The smallest absolute Gasteiger partial charge is 0.149 e. The van der Waals surface area contributed by atoms with Crippen molar-refractivity contribution in [2.45, 2.75) is 45.2 Å². The van der Waals surface area contributed by atoms with Crippen LogP contribution in [0, 0.1) is 0 Å². The van der Waals surface area contributed by atoms with Gasteiger partial charge in [0.15, 0.2) is 0 Å². The molecular weight excluding hydrogens is 214 g/mol. The van der Waals surface area contributed by atoms with E-state index in [-0.39, 0.29) is 0 Å². The standard InChI is InChI=1S/C12H21N5/c1-8-4-3-5-9(2)17(8)16-11-7-6-10(13)12(14)15-11/h6-9H,3-5,13H2,1-2H3,(H3,14,15,16). The third-order valence-electron chi connectivity index (χ3n) is 3.39. The van der Waals surface area contributed by atoms with Gasteiger partial charge in [-0.1, -0.05) is 6.42 Å². The maximum Gasteiger partial charge on any atom is 0.149 e. The Morgan fingerprint density at radius 3 is 2.47 bits per heavy atom. The van der Waals surface area contributed by atoms with Gasteiger partial charge in [0.1, 0.15) is 11.6 Å². The van der Waals surface area contributed by atoms with E-state index < -0.39 is 0 Å². The van der Waals surface area contributed by atoms with Crippen LogP contribution in [0.3, 0.4) is 0 Å². The topological polar surface area (TPSA) is 80.2 Å². The third kappa shape index (κ3) is 2.61. The lowest BCUT2D eigenvalue weighted by Crippen LogP contribution is -2.47. The molecule has 1 saturated heterocycles. The molecule has 5 N–H and O–H groups in total. The maximum atomic E-state index is 5.70. The minimum absolute atomic E-state index is 0.382. The molecule has 2 heterocycles. The monoisotopic (exact) mass is 235 g/mol. The van der Waals surface area contributed by atoms with E-state index in [2.05, 4.69) is 29.3 Å². The SMILES string of the molecule is CC1CCCC(C)N1Nc1ccc(N)c(N)n1. The van der Waals surface area contributed by atoms with Crippen LogP contribution in [0.2, 0.25) is 0 Å². The van der Waals surface area contributed by atoms with E-state index in [4.69, 9.17) is 11.5 Å². The van der Waals surface area contributed by atoms with Crippen molar-refractivity contribution in [3.05, 3.63) is 12.1 Å². The van der Waals surface area contributed by atoms with Crippen molar-refractivity contribution in [3.63, 3.8) is 0 Å². The molecule has 17 heavy (non-hydrogen) atoms. The van der Waals surface area contributed by atoms with Crippen LogP contribution in [0.1, 0.15) is 33.1 Å². The number of hydrazine groups is 1. The highest BCUT2D eigenvalue weighted by atomic mass is 15.5. The fourth-order valence-corrected chi connectivity index (χ4v) is 2.32. The van der Waals surface area contributed by atoms with Crippen molar-refractivity contribution >= 4 is 17.3 Å². The second-order valence-corrected chi connectivity index (χ2v) is 4.82. The summed E-state index contributed by atoms with van der Waals surface area (Å²) in [5.41, 5.74) is 15.2. The number of nitrogens with one attached hydrogen (secondary N) is 1. The van der Waals surface area contributed by atoms with Crippen LogP contribution in [-0.4, -0.2) is 22.1 Å². The Kier molecular flexibility index (Phi) is 3.38. The molecule has 1 aromatic heterocycles. The maximum absolute atomic E-state index is 5.70. The van der Waals surface area contributed by atoms with Crippen LogP contribution in [0.4, 0.5) is 17.3 Å². The third-order valence-corrected chi connectivity index (χ3v) is 3.39. The number of nitrogen functional groups attached to an aromatic ring is 2. The number of aromatic nitrogens is 1. The largest absolute Gasteiger partial charge is 0.396 e. The summed E-state index contributed by atoms with van der Waals surface area (Å²) in [6.07, 6.45) is 3.71. The molecule has 0 spiro atoms. The molecule has 1 fully saturated rings. The zero-order valence-corrected chi connectivity index (χ0v) is 10.5. The van der Waals surface area contributed by atoms with Gasteiger partial charge >= 0.3 is 0 Å². The summed E-state index contributed by atoms with van der Waals surface area (Å²) in [7, 11) is 0. The van der Waals surface area contributed by atoms with Gasteiger partial charge in [-0.05, 0) is 38.8 Å². The van der Waals surface area contributed by atoms with Crippen molar-refractivity contribution in [2.75, 3.05) is 16.9 Å². The first-order valence-corrected chi connectivity index (χ1v) is 6.15. The Bertz CT molecular complexity index is 382. The van der Waals surface area contributed by atoms with Crippen LogP contribution < -0.4 is 16.9 Å². The number of hydrogen-bond acceptors (Lipinski definition) is 5. The van der Waals surface area contributed by atoms with Crippen LogP contribution in [0.25, 0.3) is 0 Å². The fraction of sp³-hybridized carbons (Fsp3) is 0.583. The van der Waals surface area contributed by atoms with Crippen LogP contribution in [0.5, 0.6) is 0 Å². The number of hydrogen-bond donors (Lipinski definition) is 3. The summed E-state index contributed by atoms with van der Waals surface area (Å²) < 4.78 is 0. The summed E-state index contributed by atoms with van der Waals surface area (Å²) >= 11 is 0. The van der Waals surface area contributed by atoms with Gasteiger partial charge in [-0.3, -0.25) is 0 Å². The molecule has 0 radical (unpaired) electrons. The molecule has 1 aromatic rings. The Labute approximate surface area is 102 Å². The van der Waals surface area contributed by atoms with Crippen LogP contribution in [0.15, 0.2) is 12.1 Å². The number of nitrogens with zero attached hydrogens (tertiary/aromatic N) is 2. The van der Waals surface area contributed by atoms with Crippen molar-refractivity contribution < 1.29 is 0 Å². The molecule has 94 valence electrons. The summed E-state index contributed by atoms with van der Waals surface area (Å²) in [5, 5.41) is 2.25. The molecule has 2 unspecified atom stereocenters. The molecule has 0 saturated carbocycles. The van der Waals surface area contributed by atoms with E-state index in [1.54, 1.807) is 6.07 Å². The Balaban J connectivity index is 2.10. The molecule has 5 nitrogen and oxygen atoms in total. The van der Waals surface area contributed by atoms with Gasteiger partial charge in [0.2, 0.25) is 0 Å². The van der Waals surface area contributed by atoms with E-state index >= 15 is 0 Å². The van der Waals surface area contributed by atoms with Gasteiger partial charge < -0.3 is 16.9 Å². The van der Waals surface area contributed by atoms with E-state index in [9.17, 15) is 0 Å². The number of pyridine rings is 1. The van der Waals surface area contributed by atoms with Gasteiger partial charge in [-0.2, -0.15) is 0 Å². The molecular formula is C12H21N5. The lowest BCUT2D eigenvalue weighted by molar-refractivity contribution is 0.135. The van der Waals surface area contributed by atoms with Crippen molar-refractivity contribution in [3.8, 4) is 0 Å². The first kappa shape index (κ1) is 12.0. The molecule has 0 amide bonds. The second-order valence-electron chi connectivity index (χ2n) is 4.82. The average molecular weight is 235 g/mol. The van der Waals surface area contributed by atoms with Crippen molar-refractivity contribution in [1.82, 2.24) is 9.99 Å². The Morgan fingerprint density at radius 1 is 1.24 bits per heavy atom. The normalized spacial score (nSPS) is 25.8. The van der Waals surface area contributed by atoms with Crippen molar-refractivity contribution in [1.29, 1.82) is 0 Å². The zero-order chi connectivity index (χ0) is 12.4. The minimum Gasteiger partial charge on any atom is -0.396 e. The van der Waals surface area contributed by atoms with Gasteiger partial charge in [0.05, 0.1) is 5.69 Å². The predicted molar refractivity (Wildman–Crippen MR) is 71.3 cm³/mol. The molecule has 0 bridgehead atoms. The van der Waals surface area contributed by atoms with Crippen LogP contribution in [-0.2, 0) is 0 Å². The highest BCUT2D eigenvalue weighted by Gasteiger charge is 2.24. The lowest BCUT2D eigenvalue weighted by atomic mass is 10.00. The summed E-state index contributed by atoms with van der Waals surface area (Å²) in [5.74, 6) is 1.14. The van der Waals surface area contributed by atoms with E-state index in [1.807, 2.05) is 6.07 Å². The summed E-state index contributed by atoms with van der Waals surface area (Å²) in [6.45, 7) is 4.45. The molecule has 2 atom stereocenters. The molecule has 2 rings (SSSR count). The number of rotatable bonds is 2. The molecule has 0 aliphatic carbocycles. The van der Waals surface area contributed by atoms with E-state index in [0.717, 1.165) is 5.82 Å². The fourth-order valence-electron chi connectivity index (χ4n) is 2.32. The highest BCUT2D eigenvalue weighted by Crippen LogP contribution is 2.23. The van der Waals surface area contributed by atoms with Crippen LogP contribution >= 0.6 is 0 Å². The van der Waals surface area contributed by atoms with Crippen molar-refractivity contribution in [2.24, 2.45) is 0 Å². The lowest BCUT2D eigenvalue weighted by Gasteiger charge is -2.39. The zero-order valence-electron chi connectivity index (χ0n) is 10.5. The molecule has 5 heteroatoms. The second kappa shape index (κ2) is 4.79. The predicted octanol–water partition coefficient (Wildman–Crippen LogP) is 1.84. The highest BCUT2D eigenvalue weighted by molar-refractivity contribution is 5.61. The molecule has 1 aliphatic rings. The number of anilines is 3. The molecule has 1 aliphatic heterocycles. The van der Waals surface area contributed by atoms with E-state index in [1.165, 1.54) is 19.3 Å². The Morgan fingerprint density at radius 2 is 1.88 bits per heavy atom. The van der Waals surface area contributed by atoms with Gasteiger partial charge in [0, 0.05) is 12.1 Å². The number of nitrogens with two attached hydrogens (primary N) is 2. The van der Waals surface area contributed by atoms with Gasteiger partial charge in [-0.25, -0.2) is 9.99 Å². The summed E-state index contributed by atoms with van der Waals surface area (Å²) in [4.78, 5) is 4.24. The first-order chi connectivity index (χ1) is 8.08. The van der Waals surface area contributed by atoms with Gasteiger partial charge in [0.25, 0.3) is 0 Å². The van der Waals surface area contributed by atoms with Gasteiger partial charge in [-0.15, -0.1) is 0 Å². The molecule has 0 aromatic carbocycles. The Hall–Kier alpha value is -1.49.